The van der Waals surface area contributed by atoms with Crippen molar-refractivity contribution in [1.29, 1.82) is 0 Å². The van der Waals surface area contributed by atoms with Gasteiger partial charge in [0.2, 0.25) is 5.91 Å². The molecule has 1 heterocycles. The van der Waals surface area contributed by atoms with Crippen LogP contribution in [0.5, 0.6) is 0 Å². The number of carbonyl (C=O) groups is 2. The summed E-state index contributed by atoms with van der Waals surface area (Å²) in [5.74, 6) is 1.83. The van der Waals surface area contributed by atoms with Gasteiger partial charge in [-0.05, 0) is 47.6 Å². The second-order valence-corrected chi connectivity index (χ2v) is 7.30. The summed E-state index contributed by atoms with van der Waals surface area (Å²) in [4.78, 5) is 24.1. The van der Waals surface area contributed by atoms with Crippen molar-refractivity contribution < 1.29 is 9.59 Å². The zero-order valence-corrected chi connectivity index (χ0v) is 14.9. The van der Waals surface area contributed by atoms with Crippen molar-refractivity contribution in [3.8, 4) is 11.1 Å². The van der Waals surface area contributed by atoms with Crippen LogP contribution in [0.15, 0.2) is 54.6 Å². The molecule has 3 rings (SSSR count). The molecule has 5 heteroatoms. The highest BCUT2D eigenvalue weighted by molar-refractivity contribution is 7.99. The number of nitrogens with one attached hydrogen (secondary N) is 2. The Morgan fingerprint density at radius 2 is 1.56 bits per heavy atom. The van der Waals surface area contributed by atoms with Crippen LogP contribution in [-0.2, 0) is 4.79 Å². The van der Waals surface area contributed by atoms with E-state index in [2.05, 4.69) is 10.6 Å². The Morgan fingerprint density at radius 1 is 0.920 bits per heavy atom. The average molecular weight is 354 g/mol. The van der Waals surface area contributed by atoms with Gasteiger partial charge in [0.05, 0.1) is 6.54 Å². The Hall–Kier alpha value is -2.27. The minimum Gasteiger partial charge on any atom is -0.352 e. The maximum Gasteiger partial charge on any atom is 0.251 e. The monoisotopic (exact) mass is 354 g/mol. The molecule has 0 spiro atoms. The summed E-state index contributed by atoms with van der Waals surface area (Å²) in [6, 6.07) is 17.7. The number of thioether (sulfide) groups is 1. The third-order valence-electron chi connectivity index (χ3n) is 4.25. The molecule has 0 saturated carbocycles. The fraction of sp³-hybridized carbons (Fsp3) is 0.300. The summed E-state index contributed by atoms with van der Waals surface area (Å²) < 4.78 is 0. The maximum absolute atomic E-state index is 12.2. The predicted octanol–water partition coefficient (Wildman–Crippen LogP) is 3.10. The molecule has 1 aliphatic rings. The van der Waals surface area contributed by atoms with Crippen LogP contribution < -0.4 is 10.6 Å². The molecule has 4 nitrogen and oxygen atoms in total. The van der Waals surface area contributed by atoms with Gasteiger partial charge in [-0.25, -0.2) is 0 Å². The highest BCUT2D eigenvalue weighted by Gasteiger charge is 2.16. The highest BCUT2D eigenvalue weighted by atomic mass is 32.2. The number of carbonyl (C=O) groups excluding carboxylic acids is 2. The Balaban J connectivity index is 1.50. The first-order valence-corrected chi connectivity index (χ1v) is 9.68. The molecule has 2 amide bonds. The van der Waals surface area contributed by atoms with E-state index in [0.29, 0.717) is 5.56 Å². The van der Waals surface area contributed by atoms with Crippen LogP contribution in [0.25, 0.3) is 11.1 Å². The Bertz CT molecular complexity index is 710. The maximum atomic E-state index is 12.2. The van der Waals surface area contributed by atoms with E-state index in [1.165, 1.54) is 0 Å². The van der Waals surface area contributed by atoms with Crippen molar-refractivity contribution in [1.82, 2.24) is 10.6 Å². The van der Waals surface area contributed by atoms with Gasteiger partial charge in [-0.3, -0.25) is 9.59 Å². The van der Waals surface area contributed by atoms with Crippen LogP contribution in [0, 0.1) is 0 Å². The van der Waals surface area contributed by atoms with Gasteiger partial charge in [0.15, 0.2) is 0 Å². The lowest BCUT2D eigenvalue weighted by Gasteiger charge is -2.22. The van der Waals surface area contributed by atoms with Crippen LogP contribution in [0.3, 0.4) is 0 Å². The second kappa shape index (κ2) is 8.72. The molecule has 0 unspecified atom stereocenters. The van der Waals surface area contributed by atoms with Gasteiger partial charge in [0, 0.05) is 11.6 Å². The molecule has 0 radical (unpaired) electrons. The molecule has 2 N–H and O–H groups in total. The molecule has 1 fully saturated rings. The predicted molar refractivity (Wildman–Crippen MR) is 103 cm³/mol. The Morgan fingerprint density at radius 3 is 2.24 bits per heavy atom. The molecule has 1 saturated heterocycles. The molecule has 0 aromatic heterocycles. The standard InChI is InChI=1S/C20H22N2O2S/c23-19(22-18-10-12-25-13-11-18)14-21-20(24)17-8-6-16(7-9-17)15-4-2-1-3-5-15/h1-9,18H,10-14H2,(H,21,24)(H,22,23). The lowest BCUT2D eigenvalue weighted by molar-refractivity contribution is -0.120. The summed E-state index contributed by atoms with van der Waals surface area (Å²) in [6.07, 6.45) is 2.01. The summed E-state index contributed by atoms with van der Waals surface area (Å²) in [6.45, 7) is 0.0168. The summed E-state index contributed by atoms with van der Waals surface area (Å²) in [5.41, 5.74) is 2.73. The van der Waals surface area contributed by atoms with Crippen molar-refractivity contribution in [3.05, 3.63) is 60.2 Å². The Labute approximate surface area is 152 Å². The molecule has 0 atom stereocenters. The molecule has 2 aromatic rings. The summed E-state index contributed by atoms with van der Waals surface area (Å²) >= 11 is 1.92. The van der Waals surface area contributed by atoms with Crippen molar-refractivity contribution in [2.24, 2.45) is 0 Å². The number of hydrogen-bond donors (Lipinski definition) is 2. The SMILES string of the molecule is O=C(CNC(=O)c1ccc(-c2ccccc2)cc1)NC1CCSCC1. The number of rotatable bonds is 5. The third kappa shape index (κ3) is 5.10. The Kier molecular flexibility index (Phi) is 6.12. The van der Waals surface area contributed by atoms with Crippen LogP contribution in [0.2, 0.25) is 0 Å². The van der Waals surface area contributed by atoms with Gasteiger partial charge < -0.3 is 10.6 Å². The van der Waals surface area contributed by atoms with Gasteiger partial charge in [-0.15, -0.1) is 0 Å². The first kappa shape index (κ1) is 17.5. The zero-order valence-electron chi connectivity index (χ0n) is 14.0. The van der Waals surface area contributed by atoms with Crippen LogP contribution in [0.1, 0.15) is 23.2 Å². The van der Waals surface area contributed by atoms with E-state index < -0.39 is 0 Å². The second-order valence-electron chi connectivity index (χ2n) is 6.08. The van der Waals surface area contributed by atoms with Gasteiger partial charge in [-0.2, -0.15) is 11.8 Å². The third-order valence-corrected chi connectivity index (χ3v) is 5.30. The van der Waals surface area contributed by atoms with E-state index in [-0.39, 0.29) is 24.4 Å². The van der Waals surface area contributed by atoms with E-state index >= 15 is 0 Å². The number of amides is 2. The van der Waals surface area contributed by atoms with Crippen LogP contribution in [0.4, 0.5) is 0 Å². The quantitative estimate of drug-likeness (QED) is 0.867. The van der Waals surface area contributed by atoms with E-state index in [0.717, 1.165) is 35.5 Å². The lowest BCUT2D eigenvalue weighted by Crippen LogP contribution is -2.43. The van der Waals surface area contributed by atoms with E-state index in [1.54, 1.807) is 12.1 Å². The molecule has 25 heavy (non-hydrogen) atoms. The van der Waals surface area contributed by atoms with Crippen molar-refractivity contribution in [2.75, 3.05) is 18.1 Å². The minimum absolute atomic E-state index is 0.0168. The first-order valence-electron chi connectivity index (χ1n) is 8.53. The molecule has 0 aliphatic carbocycles. The van der Waals surface area contributed by atoms with Crippen molar-refractivity contribution >= 4 is 23.6 Å². The smallest absolute Gasteiger partial charge is 0.251 e. The van der Waals surface area contributed by atoms with Crippen molar-refractivity contribution in [2.45, 2.75) is 18.9 Å². The topological polar surface area (TPSA) is 58.2 Å². The zero-order chi connectivity index (χ0) is 17.5. The molecular weight excluding hydrogens is 332 g/mol. The number of hydrogen-bond acceptors (Lipinski definition) is 3. The minimum atomic E-state index is -0.228. The fourth-order valence-corrected chi connectivity index (χ4v) is 3.93. The first-order chi connectivity index (χ1) is 12.2. The van der Waals surface area contributed by atoms with E-state index in [1.807, 2.05) is 54.2 Å². The van der Waals surface area contributed by atoms with Crippen molar-refractivity contribution in [3.63, 3.8) is 0 Å². The van der Waals surface area contributed by atoms with Gasteiger partial charge in [-0.1, -0.05) is 42.5 Å². The normalized spacial score (nSPS) is 14.7. The van der Waals surface area contributed by atoms with Crippen LogP contribution in [-0.4, -0.2) is 35.9 Å². The summed E-state index contributed by atoms with van der Waals surface area (Å²) in [7, 11) is 0. The average Bonchev–Trinajstić information content (AvgIpc) is 2.68. The molecule has 130 valence electrons. The van der Waals surface area contributed by atoms with Crippen LogP contribution >= 0.6 is 11.8 Å². The lowest BCUT2D eigenvalue weighted by atomic mass is 10.0. The largest absolute Gasteiger partial charge is 0.352 e. The van der Waals surface area contributed by atoms with Gasteiger partial charge >= 0.3 is 0 Å². The molecular formula is C20H22N2O2S. The molecule has 1 aliphatic heterocycles. The highest BCUT2D eigenvalue weighted by Crippen LogP contribution is 2.19. The summed E-state index contributed by atoms with van der Waals surface area (Å²) in [5, 5.41) is 5.68. The number of benzene rings is 2. The van der Waals surface area contributed by atoms with Gasteiger partial charge in [0.1, 0.15) is 0 Å². The molecule has 2 aromatic carbocycles. The molecule has 0 bridgehead atoms. The van der Waals surface area contributed by atoms with Gasteiger partial charge in [0.25, 0.3) is 5.91 Å². The van der Waals surface area contributed by atoms with E-state index in [9.17, 15) is 9.59 Å². The fourth-order valence-electron chi connectivity index (χ4n) is 2.83. The van der Waals surface area contributed by atoms with E-state index in [4.69, 9.17) is 0 Å².